The van der Waals surface area contributed by atoms with Gasteiger partial charge in [0.25, 0.3) is 0 Å². The van der Waals surface area contributed by atoms with Gasteiger partial charge < -0.3 is 8.37 Å². The second kappa shape index (κ2) is 4.22. The summed E-state index contributed by atoms with van der Waals surface area (Å²) in [5.41, 5.74) is 0. The predicted molar refractivity (Wildman–Crippen MR) is 29.3 cm³/mol. The minimum Gasteiger partial charge on any atom is -0.379 e. The van der Waals surface area contributed by atoms with Crippen molar-refractivity contribution in [2.24, 2.45) is 0 Å². The average Bonchev–Trinajstić information content (AvgIpc) is 1.68. The van der Waals surface area contributed by atoms with Gasteiger partial charge in [0.2, 0.25) is 0 Å². The van der Waals surface area contributed by atoms with E-state index in [9.17, 15) is 4.21 Å². The van der Waals surface area contributed by atoms with Crippen molar-refractivity contribution in [3.8, 4) is 12.5 Å². The van der Waals surface area contributed by atoms with Crippen LogP contribution in [0.1, 0.15) is 0 Å². The monoisotopic (exact) mass is 132 g/mol. The van der Waals surface area contributed by atoms with Gasteiger partial charge in [-0.3, -0.25) is 0 Å². The van der Waals surface area contributed by atoms with Crippen LogP contribution in [0.2, 0.25) is 0 Å². The summed E-state index contributed by atoms with van der Waals surface area (Å²) in [7, 11) is 0. The van der Waals surface area contributed by atoms with Gasteiger partial charge in [-0.25, -0.2) is 0 Å². The molecular formula is C4H4O3S. The first kappa shape index (κ1) is 7.05. The van der Waals surface area contributed by atoms with Crippen LogP contribution < -0.4 is 0 Å². The fourth-order valence-electron chi connectivity index (χ4n) is 0.114. The van der Waals surface area contributed by atoms with E-state index in [-0.39, 0.29) is 0 Å². The lowest BCUT2D eigenvalue weighted by atomic mass is 11.2. The van der Waals surface area contributed by atoms with Gasteiger partial charge in [0.1, 0.15) is 12.4 Å². The molecule has 8 heavy (non-hydrogen) atoms. The molecule has 0 spiro atoms. The maximum absolute atomic E-state index is 10.1. The first-order chi connectivity index (χ1) is 3.81. The lowest BCUT2D eigenvalue weighted by Gasteiger charge is -1.90. The van der Waals surface area contributed by atoms with Crippen LogP contribution in [-0.4, -0.2) is 4.21 Å². The molecule has 0 aromatic heterocycles. The Labute approximate surface area is 50.2 Å². The molecule has 0 saturated carbocycles. The van der Waals surface area contributed by atoms with Crippen molar-refractivity contribution in [1.82, 2.24) is 0 Å². The molecule has 1 unspecified atom stereocenters. The van der Waals surface area contributed by atoms with Crippen molar-refractivity contribution >= 4 is 11.4 Å². The molecule has 0 aliphatic heterocycles. The minimum atomic E-state index is -1.87. The Morgan fingerprint density at radius 1 is 1.88 bits per heavy atom. The standard InChI is InChI=1S/C4H4O3S/c1-3-6-8(5)7-4-2/h1,4H,2H2. The summed E-state index contributed by atoms with van der Waals surface area (Å²) in [5.74, 6) is 0. The molecule has 0 fully saturated rings. The van der Waals surface area contributed by atoms with Gasteiger partial charge in [-0.15, -0.1) is 0 Å². The van der Waals surface area contributed by atoms with Crippen molar-refractivity contribution in [3.05, 3.63) is 12.8 Å². The van der Waals surface area contributed by atoms with Crippen LogP contribution in [0.3, 0.4) is 0 Å². The Morgan fingerprint density at radius 3 is 2.88 bits per heavy atom. The van der Waals surface area contributed by atoms with E-state index in [0.717, 1.165) is 6.26 Å². The number of hydrogen-bond donors (Lipinski definition) is 0. The molecule has 0 aliphatic carbocycles. The quantitative estimate of drug-likeness (QED) is 0.410. The summed E-state index contributed by atoms with van der Waals surface area (Å²) in [6.07, 6.45) is 7.24. The minimum absolute atomic E-state index is 0.980. The van der Waals surface area contributed by atoms with Crippen molar-refractivity contribution in [1.29, 1.82) is 0 Å². The molecule has 0 amide bonds. The molecule has 0 aromatic rings. The Hall–Kier alpha value is -0.950. The molecule has 0 aliphatic rings. The first-order valence-corrected chi connectivity index (χ1v) is 2.64. The molecule has 0 N–H and O–H groups in total. The van der Waals surface area contributed by atoms with Gasteiger partial charge in [-0.05, 0) is 0 Å². The molecule has 0 aromatic carbocycles. The Kier molecular flexibility index (Phi) is 3.71. The van der Waals surface area contributed by atoms with E-state index in [4.69, 9.17) is 0 Å². The van der Waals surface area contributed by atoms with E-state index in [1.54, 1.807) is 6.11 Å². The zero-order chi connectivity index (χ0) is 6.41. The fraction of sp³-hybridized carbons (Fsp3) is 0. The number of rotatable bonds is 3. The highest BCUT2D eigenvalue weighted by Crippen LogP contribution is 1.84. The summed E-state index contributed by atoms with van der Waals surface area (Å²) >= 11 is -1.87. The Morgan fingerprint density at radius 2 is 2.50 bits per heavy atom. The van der Waals surface area contributed by atoms with Crippen LogP contribution in [0.25, 0.3) is 0 Å². The number of hydrogen-bond acceptors (Lipinski definition) is 3. The summed E-state index contributed by atoms with van der Waals surface area (Å²) in [6.45, 7) is 3.12. The zero-order valence-corrected chi connectivity index (χ0v) is 4.81. The average molecular weight is 132 g/mol. The van der Waals surface area contributed by atoms with Gasteiger partial charge in [-0.2, -0.15) is 4.21 Å². The largest absolute Gasteiger partial charge is 0.425 e. The third-order valence-corrected chi connectivity index (χ3v) is 0.788. The molecule has 3 nitrogen and oxygen atoms in total. The van der Waals surface area contributed by atoms with Gasteiger partial charge >= 0.3 is 11.4 Å². The molecule has 0 saturated heterocycles. The molecule has 1 atom stereocenters. The van der Waals surface area contributed by atoms with Gasteiger partial charge in [-0.1, -0.05) is 13.0 Å². The van der Waals surface area contributed by atoms with Gasteiger partial charge in [0, 0.05) is 0 Å². The molecule has 0 rings (SSSR count). The first-order valence-electron chi connectivity index (χ1n) is 1.64. The molecule has 44 valence electrons. The van der Waals surface area contributed by atoms with Crippen molar-refractivity contribution < 1.29 is 12.6 Å². The highest BCUT2D eigenvalue weighted by molar-refractivity contribution is 7.75. The molecule has 4 heteroatoms. The van der Waals surface area contributed by atoms with Crippen LogP contribution in [-0.2, 0) is 19.7 Å². The zero-order valence-electron chi connectivity index (χ0n) is 3.99. The van der Waals surface area contributed by atoms with E-state index in [0.29, 0.717) is 0 Å². The van der Waals surface area contributed by atoms with Crippen molar-refractivity contribution in [3.63, 3.8) is 0 Å². The van der Waals surface area contributed by atoms with E-state index < -0.39 is 11.4 Å². The van der Waals surface area contributed by atoms with Crippen molar-refractivity contribution in [2.45, 2.75) is 0 Å². The molecule has 0 radical (unpaired) electrons. The predicted octanol–water partition coefficient (Wildman–Crippen LogP) is 0.333. The Bertz CT molecular complexity index is 135. The molecule has 0 heterocycles. The van der Waals surface area contributed by atoms with Crippen LogP contribution in [0.5, 0.6) is 0 Å². The molecule has 0 bridgehead atoms. The van der Waals surface area contributed by atoms with Crippen LogP contribution in [0.15, 0.2) is 12.8 Å². The smallest absolute Gasteiger partial charge is 0.379 e. The van der Waals surface area contributed by atoms with Gasteiger partial charge in [0.15, 0.2) is 0 Å². The normalized spacial score (nSPS) is 10.9. The van der Waals surface area contributed by atoms with E-state index in [1.165, 1.54) is 0 Å². The SMILES string of the molecule is C#COS(=O)OC=C. The number of terminal acetylenes is 1. The Balaban J connectivity index is 3.36. The fourth-order valence-corrected chi connectivity index (χ4v) is 0.343. The summed E-state index contributed by atoms with van der Waals surface area (Å²) in [4.78, 5) is 0. The van der Waals surface area contributed by atoms with E-state index in [2.05, 4.69) is 21.4 Å². The lowest BCUT2D eigenvalue weighted by molar-refractivity contribution is 0.410. The highest BCUT2D eigenvalue weighted by Gasteiger charge is 1.91. The maximum atomic E-state index is 10.1. The second-order valence-electron chi connectivity index (χ2n) is 0.668. The third-order valence-electron chi connectivity index (χ3n) is 0.263. The topological polar surface area (TPSA) is 35.5 Å². The van der Waals surface area contributed by atoms with Gasteiger partial charge in [0.05, 0.1) is 0 Å². The van der Waals surface area contributed by atoms with Crippen molar-refractivity contribution in [2.75, 3.05) is 0 Å². The summed E-state index contributed by atoms with van der Waals surface area (Å²) in [6, 6.07) is 0. The lowest BCUT2D eigenvalue weighted by Crippen LogP contribution is -1.90. The van der Waals surface area contributed by atoms with E-state index >= 15 is 0 Å². The summed E-state index contributed by atoms with van der Waals surface area (Å²) in [5, 5.41) is 0. The summed E-state index contributed by atoms with van der Waals surface area (Å²) < 4.78 is 18.2. The van der Waals surface area contributed by atoms with Crippen LogP contribution in [0, 0.1) is 12.5 Å². The third kappa shape index (κ3) is 3.25. The van der Waals surface area contributed by atoms with E-state index in [1.807, 2.05) is 0 Å². The maximum Gasteiger partial charge on any atom is 0.425 e. The second-order valence-corrected chi connectivity index (χ2v) is 1.44. The van der Waals surface area contributed by atoms with Crippen LogP contribution in [0.4, 0.5) is 0 Å². The van der Waals surface area contributed by atoms with Crippen LogP contribution >= 0.6 is 0 Å². The molecular weight excluding hydrogens is 128 g/mol. The highest BCUT2D eigenvalue weighted by atomic mass is 32.2.